The van der Waals surface area contributed by atoms with Gasteiger partial charge in [-0.25, -0.2) is 13.8 Å². The van der Waals surface area contributed by atoms with Crippen LogP contribution in [0.3, 0.4) is 0 Å². The molecule has 0 fully saturated rings. The Morgan fingerprint density at radius 3 is 2.86 bits per heavy atom. The largest absolute Gasteiger partial charge is 0.346 e. The highest BCUT2D eigenvalue weighted by molar-refractivity contribution is 5.92. The Bertz CT molecular complexity index is 1070. The van der Waals surface area contributed by atoms with E-state index in [0.717, 1.165) is 29.7 Å². The monoisotopic (exact) mass is 393 g/mol. The number of alkyl halides is 2. The second-order valence-electron chi connectivity index (χ2n) is 7.18. The maximum absolute atomic E-state index is 12.7. The minimum Gasteiger partial charge on any atom is -0.346 e. The van der Waals surface area contributed by atoms with E-state index in [4.69, 9.17) is 0 Å². The number of halogens is 2. The molecule has 4 nitrogen and oxygen atoms in total. The molecule has 3 aromatic rings. The quantitative estimate of drug-likeness (QED) is 0.625. The second kappa shape index (κ2) is 7.99. The number of nitrogens with zero attached hydrogens (tertiary/aromatic N) is 2. The van der Waals surface area contributed by atoms with Gasteiger partial charge in [-0.2, -0.15) is 0 Å². The van der Waals surface area contributed by atoms with Gasteiger partial charge in [0, 0.05) is 18.0 Å². The van der Waals surface area contributed by atoms with Gasteiger partial charge in [-0.05, 0) is 60.2 Å². The summed E-state index contributed by atoms with van der Waals surface area (Å²) in [6.45, 7) is 1.89. The van der Waals surface area contributed by atoms with Crippen molar-refractivity contribution < 1.29 is 13.6 Å². The fourth-order valence-corrected chi connectivity index (χ4v) is 3.75. The molecule has 1 unspecified atom stereocenters. The van der Waals surface area contributed by atoms with Crippen LogP contribution >= 0.6 is 0 Å². The first-order valence-electron chi connectivity index (χ1n) is 9.50. The first kappa shape index (κ1) is 19.1. The molecule has 0 spiro atoms. The van der Waals surface area contributed by atoms with Crippen LogP contribution in [-0.2, 0) is 11.2 Å². The van der Waals surface area contributed by atoms with Gasteiger partial charge < -0.3 is 9.88 Å². The van der Waals surface area contributed by atoms with Crippen LogP contribution in [0.4, 0.5) is 8.78 Å². The van der Waals surface area contributed by atoms with Crippen LogP contribution in [-0.4, -0.2) is 15.5 Å². The highest BCUT2D eigenvalue weighted by Crippen LogP contribution is 2.30. The molecule has 148 valence electrons. The normalized spacial score (nSPS) is 15.8. The number of hydrogen-bond acceptors (Lipinski definition) is 2. The molecule has 1 aliphatic carbocycles. The van der Waals surface area contributed by atoms with Gasteiger partial charge in [-0.15, -0.1) is 0 Å². The maximum Gasteiger partial charge on any atom is 0.281 e. The van der Waals surface area contributed by atoms with Crippen molar-refractivity contribution in [2.75, 3.05) is 0 Å². The Morgan fingerprint density at radius 1 is 1.28 bits per heavy atom. The van der Waals surface area contributed by atoms with E-state index in [1.807, 2.05) is 37.3 Å². The van der Waals surface area contributed by atoms with Crippen molar-refractivity contribution in [2.24, 2.45) is 0 Å². The number of carbonyl (C=O) groups is 1. The minimum atomic E-state index is -2.59. The Hall–Kier alpha value is -3.28. The molecule has 0 saturated heterocycles. The number of carbonyl (C=O) groups excluding carboxylic acids is 1. The fourth-order valence-electron chi connectivity index (χ4n) is 3.75. The van der Waals surface area contributed by atoms with Gasteiger partial charge in [-0.1, -0.05) is 30.3 Å². The van der Waals surface area contributed by atoms with Gasteiger partial charge in [0.05, 0.1) is 12.4 Å². The lowest BCUT2D eigenvalue weighted by Gasteiger charge is -2.12. The zero-order valence-electron chi connectivity index (χ0n) is 16.0. The Labute approximate surface area is 167 Å². The SMILES string of the molecule is Cc1cc(/C=C/C(=O)NC2CCc3ccccc32)ccc1-n1cnc(C(F)F)c1. The summed E-state index contributed by atoms with van der Waals surface area (Å²) in [5, 5.41) is 3.06. The van der Waals surface area contributed by atoms with E-state index in [2.05, 4.69) is 22.4 Å². The third kappa shape index (κ3) is 4.11. The molecule has 0 bridgehead atoms. The predicted molar refractivity (Wildman–Crippen MR) is 108 cm³/mol. The zero-order valence-corrected chi connectivity index (χ0v) is 16.0. The average molecular weight is 393 g/mol. The highest BCUT2D eigenvalue weighted by atomic mass is 19.3. The van der Waals surface area contributed by atoms with Crippen molar-refractivity contribution in [1.29, 1.82) is 0 Å². The molecule has 0 aliphatic heterocycles. The van der Waals surface area contributed by atoms with Crippen LogP contribution in [0.2, 0.25) is 0 Å². The van der Waals surface area contributed by atoms with Crippen LogP contribution in [0, 0.1) is 6.92 Å². The lowest BCUT2D eigenvalue weighted by molar-refractivity contribution is -0.117. The Balaban J connectivity index is 1.43. The summed E-state index contributed by atoms with van der Waals surface area (Å²) >= 11 is 0. The second-order valence-corrected chi connectivity index (χ2v) is 7.18. The number of hydrogen-bond donors (Lipinski definition) is 1. The third-order valence-corrected chi connectivity index (χ3v) is 5.20. The zero-order chi connectivity index (χ0) is 20.4. The molecule has 4 rings (SSSR count). The molecule has 2 aromatic carbocycles. The summed E-state index contributed by atoms with van der Waals surface area (Å²) in [6, 6.07) is 13.8. The van der Waals surface area contributed by atoms with Crippen LogP contribution < -0.4 is 5.32 Å². The molecule has 1 aliphatic rings. The van der Waals surface area contributed by atoms with Gasteiger partial charge in [0.1, 0.15) is 5.69 Å². The first-order valence-corrected chi connectivity index (χ1v) is 9.50. The number of nitrogens with one attached hydrogen (secondary N) is 1. The topological polar surface area (TPSA) is 46.9 Å². The van der Waals surface area contributed by atoms with E-state index >= 15 is 0 Å². The molecule has 1 amide bonds. The van der Waals surface area contributed by atoms with E-state index < -0.39 is 6.43 Å². The van der Waals surface area contributed by atoms with Gasteiger partial charge in [-0.3, -0.25) is 4.79 Å². The van der Waals surface area contributed by atoms with Crippen molar-refractivity contribution >= 4 is 12.0 Å². The molecule has 1 heterocycles. The average Bonchev–Trinajstić information content (AvgIpc) is 3.34. The van der Waals surface area contributed by atoms with Gasteiger partial charge >= 0.3 is 0 Å². The predicted octanol–water partition coefficient (Wildman–Crippen LogP) is 4.94. The molecular formula is C23H21F2N3O. The molecule has 0 radical (unpaired) electrons. The van der Waals surface area contributed by atoms with Crippen molar-refractivity contribution in [2.45, 2.75) is 32.2 Å². The maximum atomic E-state index is 12.7. The number of benzene rings is 2. The number of amides is 1. The lowest BCUT2D eigenvalue weighted by Crippen LogP contribution is -2.25. The molecular weight excluding hydrogens is 372 g/mol. The van der Waals surface area contributed by atoms with Crippen LogP contribution in [0.5, 0.6) is 0 Å². The van der Waals surface area contributed by atoms with Crippen LogP contribution in [0.15, 0.2) is 61.1 Å². The van der Waals surface area contributed by atoms with E-state index in [1.165, 1.54) is 29.7 Å². The smallest absolute Gasteiger partial charge is 0.281 e. The summed E-state index contributed by atoms with van der Waals surface area (Å²) < 4.78 is 27.1. The molecule has 29 heavy (non-hydrogen) atoms. The Morgan fingerprint density at radius 2 is 2.10 bits per heavy atom. The van der Waals surface area contributed by atoms with Gasteiger partial charge in [0.15, 0.2) is 0 Å². The van der Waals surface area contributed by atoms with Crippen molar-refractivity contribution in [1.82, 2.24) is 14.9 Å². The van der Waals surface area contributed by atoms with Gasteiger partial charge in [0.2, 0.25) is 5.91 Å². The third-order valence-electron chi connectivity index (χ3n) is 5.20. The summed E-state index contributed by atoms with van der Waals surface area (Å²) in [7, 11) is 0. The number of aromatic nitrogens is 2. The Kier molecular flexibility index (Phi) is 5.25. The number of imidazole rings is 1. The highest BCUT2D eigenvalue weighted by Gasteiger charge is 2.22. The summed E-state index contributed by atoms with van der Waals surface area (Å²) in [5.74, 6) is -0.135. The van der Waals surface area contributed by atoms with E-state index in [9.17, 15) is 13.6 Å². The minimum absolute atomic E-state index is 0.0535. The summed E-state index contributed by atoms with van der Waals surface area (Å²) in [4.78, 5) is 16.1. The molecule has 1 aromatic heterocycles. The van der Waals surface area contributed by atoms with E-state index in [0.29, 0.717) is 0 Å². The summed E-state index contributed by atoms with van der Waals surface area (Å²) in [5.41, 5.74) is 4.77. The summed E-state index contributed by atoms with van der Waals surface area (Å²) in [6.07, 6.45) is 5.30. The van der Waals surface area contributed by atoms with Crippen molar-refractivity contribution in [3.63, 3.8) is 0 Å². The van der Waals surface area contributed by atoms with Crippen molar-refractivity contribution in [3.8, 4) is 5.69 Å². The molecule has 1 N–H and O–H groups in total. The van der Waals surface area contributed by atoms with E-state index in [1.54, 1.807) is 10.6 Å². The first-order chi connectivity index (χ1) is 14.0. The number of fused-ring (bicyclic) bond motifs is 1. The fraction of sp³-hybridized carbons (Fsp3) is 0.217. The van der Waals surface area contributed by atoms with Crippen LogP contribution in [0.25, 0.3) is 11.8 Å². The van der Waals surface area contributed by atoms with Crippen LogP contribution in [0.1, 0.15) is 46.8 Å². The molecule has 1 atom stereocenters. The lowest BCUT2D eigenvalue weighted by atomic mass is 10.1. The molecule has 0 saturated carbocycles. The van der Waals surface area contributed by atoms with Gasteiger partial charge in [0.25, 0.3) is 6.43 Å². The standard InChI is InChI=1S/C23H21F2N3O/c1-15-12-16(6-10-21(15)28-13-20(23(24)25)26-14-28)7-11-22(29)27-19-9-8-17-4-2-3-5-18(17)19/h2-7,10-14,19,23H,8-9H2,1H3,(H,27,29)/b11-7+. The van der Waals surface area contributed by atoms with Crippen molar-refractivity contribution in [3.05, 3.63) is 89.0 Å². The molecule has 6 heteroatoms. The number of aryl methyl sites for hydroxylation is 2. The van der Waals surface area contributed by atoms with E-state index in [-0.39, 0.29) is 17.6 Å². The number of rotatable bonds is 5.